The van der Waals surface area contributed by atoms with Crippen molar-refractivity contribution in [2.24, 2.45) is 0 Å². The summed E-state index contributed by atoms with van der Waals surface area (Å²) in [6.07, 6.45) is 2.00. The third-order valence-electron chi connectivity index (χ3n) is 1.86. The van der Waals surface area contributed by atoms with Gasteiger partial charge in [-0.2, -0.15) is 8.42 Å². The SMILES string of the molecule is O=C1CCCCC1S(=O)(=O)O.[NaH]. The molecule has 4 nitrogen and oxygen atoms in total. The maximum atomic E-state index is 10.9. The van der Waals surface area contributed by atoms with Crippen LogP contribution in [0, 0.1) is 0 Å². The molecule has 1 aliphatic rings. The standard InChI is InChI=1S/C6H10O4S.Na.H/c7-5-3-1-2-4-6(5)11(8,9)10;;/h6H,1-4H2,(H,8,9,10);;. The van der Waals surface area contributed by atoms with Gasteiger partial charge in [-0.25, -0.2) is 0 Å². The summed E-state index contributed by atoms with van der Waals surface area (Å²) in [5, 5.41) is -1.14. The van der Waals surface area contributed by atoms with Gasteiger partial charge in [-0.15, -0.1) is 0 Å². The van der Waals surface area contributed by atoms with Crippen molar-refractivity contribution in [3.8, 4) is 0 Å². The Kier molecular flexibility index (Phi) is 4.94. The van der Waals surface area contributed by atoms with Crippen LogP contribution in [-0.4, -0.2) is 53.6 Å². The van der Waals surface area contributed by atoms with E-state index in [0.29, 0.717) is 6.42 Å². The molecule has 6 heteroatoms. The summed E-state index contributed by atoms with van der Waals surface area (Å²) in [6, 6.07) is 0. The van der Waals surface area contributed by atoms with Crippen molar-refractivity contribution in [2.75, 3.05) is 0 Å². The average Bonchev–Trinajstić information content (AvgIpc) is 1.86. The predicted octanol–water partition coefficient (Wildman–Crippen LogP) is -0.263. The van der Waals surface area contributed by atoms with E-state index in [9.17, 15) is 13.2 Å². The molecule has 0 saturated heterocycles. The zero-order valence-electron chi connectivity index (χ0n) is 5.99. The van der Waals surface area contributed by atoms with Gasteiger partial charge in [-0.3, -0.25) is 9.35 Å². The number of carbonyl (C=O) groups is 1. The van der Waals surface area contributed by atoms with Crippen LogP contribution < -0.4 is 0 Å². The molecular weight excluding hydrogens is 191 g/mol. The Labute approximate surface area is 93.8 Å². The second kappa shape index (κ2) is 4.72. The van der Waals surface area contributed by atoms with E-state index in [1.807, 2.05) is 0 Å². The summed E-state index contributed by atoms with van der Waals surface area (Å²) in [5.74, 6) is -0.348. The fourth-order valence-electron chi connectivity index (χ4n) is 1.27. The van der Waals surface area contributed by atoms with Gasteiger partial charge in [0.2, 0.25) is 0 Å². The van der Waals surface area contributed by atoms with Crippen LogP contribution in [0.2, 0.25) is 0 Å². The molecule has 0 spiro atoms. The molecule has 1 aliphatic carbocycles. The van der Waals surface area contributed by atoms with Crippen molar-refractivity contribution in [1.82, 2.24) is 0 Å². The summed E-state index contributed by atoms with van der Waals surface area (Å²) in [5.41, 5.74) is 0. The van der Waals surface area contributed by atoms with Crippen molar-refractivity contribution in [3.63, 3.8) is 0 Å². The number of Topliss-reactive ketones (excluding diaryl/α,β-unsaturated/α-hetero) is 1. The molecule has 0 aliphatic heterocycles. The quantitative estimate of drug-likeness (QED) is 0.469. The Morgan fingerprint density at radius 1 is 1.33 bits per heavy atom. The van der Waals surface area contributed by atoms with Crippen molar-refractivity contribution in [1.29, 1.82) is 0 Å². The molecule has 1 saturated carbocycles. The van der Waals surface area contributed by atoms with Crippen LogP contribution in [0.5, 0.6) is 0 Å². The third kappa shape index (κ3) is 3.14. The Morgan fingerprint density at radius 3 is 2.25 bits per heavy atom. The molecule has 1 fully saturated rings. The van der Waals surface area contributed by atoms with Gasteiger partial charge in [0, 0.05) is 6.42 Å². The summed E-state index contributed by atoms with van der Waals surface area (Å²) < 4.78 is 29.6. The van der Waals surface area contributed by atoms with E-state index in [4.69, 9.17) is 4.55 Å². The summed E-state index contributed by atoms with van der Waals surface area (Å²) >= 11 is 0. The molecule has 0 aromatic carbocycles. The van der Waals surface area contributed by atoms with Gasteiger partial charge < -0.3 is 0 Å². The fraction of sp³-hybridized carbons (Fsp3) is 0.833. The minimum atomic E-state index is -4.12. The predicted molar refractivity (Wildman–Crippen MR) is 46.0 cm³/mol. The van der Waals surface area contributed by atoms with Gasteiger partial charge in [0.1, 0.15) is 5.25 Å². The molecule has 0 bridgehead atoms. The molecule has 0 heterocycles. The first kappa shape index (κ1) is 12.6. The van der Waals surface area contributed by atoms with Crippen LogP contribution in [0.3, 0.4) is 0 Å². The van der Waals surface area contributed by atoms with Crippen molar-refractivity contribution < 1.29 is 17.8 Å². The first-order valence-corrected chi connectivity index (χ1v) is 5.01. The van der Waals surface area contributed by atoms with Gasteiger partial charge in [0.15, 0.2) is 5.78 Å². The molecule has 1 N–H and O–H groups in total. The molecular formula is C6H11NaO4S. The van der Waals surface area contributed by atoms with E-state index in [0.717, 1.165) is 6.42 Å². The van der Waals surface area contributed by atoms with E-state index in [1.54, 1.807) is 0 Å². The Balaban J connectivity index is 0.00000121. The van der Waals surface area contributed by atoms with Crippen LogP contribution >= 0.6 is 0 Å². The van der Waals surface area contributed by atoms with E-state index < -0.39 is 15.4 Å². The van der Waals surface area contributed by atoms with Gasteiger partial charge in [0.05, 0.1) is 0 Å². The molecule has 12 heavy (non-hydrogen) atoms. The maximum absolute atomic E-state index is 10.9. The van der Waals surface area contributed by atoms with Crippen LogP contribution in [0.4, 0.5) is 0 Å². The van der Waals surface area contributed by atoms with E-state index in [-0.39, 0.29) is 48.2 Å². The minimum absolute atomic E-state index is 0. The van der Waals surface area contributed by atoms with E-state index >= 15 is 0 Å². The summed E-state index contributed by atoms with van der Waals surface area (Å²) in [7, 11) is -4.12. The zero-order chi connectivity index (χ0) is 8.48. The molecule has 0 aromatic heterocycles. The van der Waals surface area contributed by atoms with Gasteiger partial charge in [0.25, 0.3) is 10.1 Å². The number of ketones is 1. The first-order chi connectivity index (χ1) is 5.02. The fourth-order valence-corrected chi connectivity index (χ4v) is 2.18. The van der Waals surface area contributed by atoms with Crippen molar-refractivity contribution in [2.45, 2.75) is 30.9 Å². The van der Waals surface area contributed by atoms with Crippen LogP contribution in [0.25, 0.3) is 0 Å². The molecule has 1 rings (SSSR count). The normalized spacial score (nSPS) is 24.8. The number of carbonyl (C=O) groups excluding carboxylic acids is 1. The molecule has 0 aromatic rings. The first-order valence-electron chi connectivity index (χ1n) is 3.51. The van der Waals surface area contributed by atoms with Crippen LogP contribution in [0.1, 0.15) is 25.7 Å². The number of hydrogen-bond donors (Lipinski definition) is 1. The average molecular weight is 202 g/mol. The Bertz CT molecular complexity index is 259. The topological polar surface area (TPSA) is 71.4 Å². The summed E-state index contributed by atoms with van der Waals surface area (Å²) in [6.45, 7) is 0. The van der Waals surface area contributed by atoms with Crippen LogP contribution in [0.15, 0.2) is 0 Å². The van der Waals surface area contributed by atoms with Crippen LogP contribution in [-0.2, 0) is 14.9 Å². The van der Waals surface area contributed by atoms with E-state index in [1.165, 1.54) is 0 Å². The monoisotopic (exact) mass is 202 g/mol. The van der Waals surface area contributed by atoms with Crippen molar-refractivity contribution in [3.05, 3.63) is 0 Å². The number of hydrogen-bond acceptors (Lipinski definition) is 3. The van der Waals surface area contributed by atoms with Gasteiger partial charge in [-0.1, -0.05) is 6.42 Å². The molecule has 66 valence electrons. The van der Waals surface area contributed by atoms with Gasteiger partial charge >= 0.3 is 29.6 Å². The molecule has 0 amide bonds. The summed E-state index contributed by atoms with van der Waals surface area (Å²) in [4.78, 5) is 10.9. The second-order valence-electron chi connectivity index (χ2n) is 2.72. The van der Waals surface area contributed by atoms with E-state index in [2.05, 4.69) is 0 Å². The third-order valence-corrected chi connectivity index (χ3v) is 3.08. The molecule has 1 atom stereocenters. The number of rotatable bonds is 1. The molecule has 1 unspecified atom stereocenters. The van der Waals surface area contributed by atoms with Gasteiger partial charge in [-0.05, 0) is 12.8 Å². The Hall–Kier alpha value is 0.580. The zero-order valence-corrected chi connectivity index (χ0v) is 6.80. The van der Waals surface area contributed by atoms with Crippen molar-refractivity contribution >= 4 is 45.5 Å². The second-order valence-corrected chi connectivity index (χ2v) is 4.31. The molecule has 0 radical (unpaired) electrons. The Morgan fingerprint density at radius 2 is 1.92 bits per heavy atom.